The second kappa shape index (κ2) is 13.9. The molecular formula is C34H44N4O6. The van der Waals surface area contributed by atoms with Gasteiger partial charge in [-0.05, 0) is 43.7 Å². The van der Waals surface area contributed by atoms with Gasteiger partial charge in [-0.3, -0.25) is 15.2 Å². The van der Waals surface area contributed by atoms with Crippen LogP contribution in [0, 0.1) is 11.8 Å². The summed E-state index contributed by atoms with van der Waals surface area (Å²) in [5, 5.41) is 26.5. The fraction of sp³-hybridized carbons (Fsp3) is 0.500. The lowest BCUT2D eigenvalue weighted by Crippen LogP contribution is -2.48. The number of hydrogen-bond acceptors (Lipinski definition) is 8. The molecule has 1 amide bonds. The van der Waals surface area contributed by atoms with E-state index in [9.17, 15) is 19.8 Å². The van der Waals surface area contributed by atoms with Gasteiger partial charge in [-0.15, -0.1) is 0 Å². The average molecular weight is 605 g/mol. The third-order valence-corrected chi connectivity index (χ3v) is 8.91. The summed E-state index contributed by atoms with van der Waals surface area (Å²) in [5.41, 5.74) is 4.39. The van der Waals surface area contributed by atoms with Gasteiger partial charge in [-0.25, -0.2) is 9.78 Å². The smallest absolute Gasteiger partial charge is 0.329 e. The number of methoxy groups -OCH3 is 1. The normalized spacial score (nSPS) is 24.4. The summed E-state index contributed by atoms with van der Waals surface area (Å²) in [6.45, 7) is 0.917. The summed E-state index contributed by atoms with van der Waals surface area (Å²) in [5.74, 6) is -0.973. The van der Waals surface area contributed by atoms with Crippen LogP contribution in [-0.4, -0.2) is 77.6 Å². The highest BCUT2D eigenvalue weighted by molar-refractivity contribution is 5.92. The molecule has 2 aliphatic carbocycles. The van der Waals surface area contributed by atoms with Gasteiger partial charge in [0.2, 0.25) is 5.91 Å². The number of carbonyl (C=O) groups is 2. The number of fused-ring (bicyclic) bond motifs is 1. The lowest BCUT2D eigenvalue weighted by atomic mass is 10.0. The van der Waals surface area contributed by atoms with Gasteiger partial charge in [0.1, 0.15) is 23.1 Å². The monoisotopic (exact) mass is 604 g/mol. The number of ether oxygens (including phenoxy) is 2. The lowest BCUT2D eigenvalue weighted by Gasteiger charge is -2.20. The highest BCUT2D eigenvalue weighted by Gasteiger charge is 2.61. The van der Waals surface area contributed by atoms with Gasteiger partial charge >= 0.3 is 5.97 Å². The number of aliphatic carboxylic acids is 1. The molecule has 10 heteroatoms. The molecule has 1 aromatic heterocycles. The van der Waals surface area contributed by atoms with E-state index in [0.717, 1.165) is 55.3 Å². The van der Waals surface area contributed by atoms with E-state index in [-0.39, 0.29) is 18.8 Å². The second-order valence-corrected chi connectivity index (χ2v) is 12.3. The van der Waals surface area contributed by atoms with Gasteiger partial charge in [0.05, 0.1) is 30.3 Å². The van der Waals surface area contributed by atoms with E-state index in [1.807, 2.05) is 73.7 Å². The molecule has 0 saturated heterocycles. The van der Waals surface area contributed by atoms with Gasteiger partial charge in [-0.2, -0.15) is 0 Å². The summed E-state index contributed by atoms with van der Waals surface area (Å²) < 4.78 is 11.9. The molecule has 4 N–H and O–H groups in total. The summed E-state index contributed by atoms with van der Waals surface area (Å²) in [7, 11) is 5.54. The van der Waals surface area contributed by atoms with Crippen molar-refractivity contribution in [1.29, 1.82) is 0 Å². The van der Waals surface area contributed by atoms with Crippen LogP contribution in [0.1, 0.15) is 51.4 Å². The predicted octanol–water partition coefficient (Wildman–Crippen LogP) is 4.40. The minimum atomic E-state index is -1.24. The maximum absolute atomic E-state index is 13.4. The second-order valence-electron chi connectivity index (χ2n) is 12.3. The highest BCUT2D eigenvalue weighted by Crippen LogP contribution is 2.48. The van der Waals surface area contributed by atoms with E-state index >= 15 is 0 Å². The molecular weight excluding hydrogens is 560 g/mol. The summed E-state index contributed by atoms with van der Waals surface area (Å²) in [4.78, 5) is 30.4. The number of nitrogens with zero attached hydrogens (tertiary/aromatic N) is 2. The standard InChI is InChI=1S/C34H44N4O6/c1-38(2)35-16-10-5-4-9-13-23-21-34(23,33(41)42)37-32(40)27-17-25(19-30(27)39)44-31-20-28(22-11-7-6-8-12-22)36-29-18-24(43-3)14-15-26(29)31/h6-8,11-12,14-15,18,20,23,25,27,30,35,39H,4-5,9-10,13,16-17,19,21H2,1-3H3,(H,37,40)(H,41,42)/t23?,25-,27-,30-,34-/m1/s1. The number of rotatable bonds is 15. The van der Waals surface area contributed by atoms with Gasteiger partial charge < -0.3 is 25.0 Å². The van der Waals surface area contributed by atoms with Crippen LogP contribution in [0.4, 0.5) is 0 Å². The molecule has 5 rings (SSSR count). The molecule has 2 fully saturated rings. The zero-order chi connectivity index (χ0) is 31.3. The number of aliphatic hydroxyl groups excluding tert-OH is 1. The zero-order valence-corrected chi connectivity index (χ0v) is 25.8. The number of hydrogen-bond donors (Lipinski definition) is 4. The Kier molecular flexibility index (Phi) is 10.0. The van der Waals surface area contributed by atoms with E-state index in [1.54, 1.807) is 7.11 Å². The first-order valence-corrected chi connectivity index (χ1v) is 15.6. The van der Waals surface area contributed by atoms with Crippen molar-refractivity contribution in [3.63, 3.8) is 0 Å². The Bertz CT molecular complexity index is 1450. The van der Waals surface area contributed by atoms with Crippen molar-refractivity contribution in [1.82, 2.24) is 20.7 Å². The molecule has 10 nitrogen and oxygen atoms in total. The molecule has 0 spiro atoms. The highest BCUT2D eigenvalue weighted by atomic mass is 16.5. The molecule has 2 aliphatic rings. The molecule has 44 heavy (non-hydrogen) atoms. The molecule has 2 aromatic carbocycles. The number of amides is 1. The van der Waals surface area contributed by atoms with E-state index in [4.69, 9.17) is 14.5 Å². The number of aromatic nitrogens is 1. The minimum absolute atomic E-state index is 0.0916. The Morgan fingerprint density at radius 3 is 2.55 bits per heavy atom. The van der Waals surface area contributed by atoms with E-state index in [1.165, 1.54) is 0 Å². The fourth-order valence-electron chi connectivity index (χ4n) is 6.32. The molecule has 3 aromatic rings. The van der Waals surface area contributed by atoms with Gasteiger partial charge in [0.25, 0.3) is 0 Å². The van der Waals surface area contributed by atoms with Crippen LogP contribution in [0.2, 0.25) is 0 Å². The van der Waals surface area contributed by atoms with Crippen molar-refractivity contribution in [2.45, 2.75) is 69.1 Å². The van der Waals surface area contributed by atoms with Crippen molar-refractivity contribution in [3.05, 3.63) is 54.6 Å². The number of carboxylic acid groups (broad SMARTS) is 1. The molecule has 2 saturated carbocycles. The maximum atomic E-state index is 13.4. The molecule has 0 aliphatic heterocycles. The fourth-order valence-corrected chi connectivity index (χ4v) is 6.32. The number of hydrazine groups is 1. The van der Waals surface area contributed by atoms with Gasteiger partial charge in [-0.1, -0.05) is 49.6 Å². The summed E-state index contributed by atoms with van der Waals surface area (Å²) in [6.07, 6.45) is 4.47. The third-order valence-electron chi connectivity index (χ3n) is 8.91. The van der Waals surface area contributed by atoms with Crippen molar-refractivity contribution in [2.24, 2.45) is 11.8 Å². The first-order valence-electron chi connectivity index (χ1n) is 15.6. The summed E-state index contributed by atoms with van der Waals surface area (Å²) >= 11 is 0. The van der Waals surface area contributed by atoms with Gasteiger partial charge in [0, 0.05) is 50.1 Å². The Balaban J connectivity index is 1.21. The number of aliphatic hydroxyl groups is 1. The Morgan fingerprint density at radius 1 is 1.05 bits per heavy atom. The molecule has 0 bridgehead atoms. The van der Waals surface area contributed by atoms with Crippen molar-refractivity contribution in [2.75, 3.05) is 27.7 Å². The topological polar surface area (TPSA) is 133 Å². The van der Waals surface area contributed by atoms with Crippen LogP contribution in [-0.2, 0) is 9.59 Å². The Hall–Kier alpha value is -3.73. The SMILES string of the molecule is COc1ccc2c(O[C@H]3C[C@@H](O)[C@H](C(=O)N[C@]4(C(=O)O)CC4CCCCCCNN(C)C)C3)cc(-c3ccccc3)nc2c1. The Labute approximate surface area is 258 Å². The maximum Gasteiger partial charge on any atom is 0.329 e. The number of nitrogens with one attached hydrogen (secondary N) is 2. The molecule has 236 valence electrons. The van der Waals surface area contributed by atoms with E-state index in [2.05, 4.69) is 10.7 Å². The first-order chi connectivity index (χ1) is 21.2. The van der Waals surface area contributed by atoms with Crippen LogP contribution >= 0.6 is 0 Å². The number of benzene rings is 2. The van der Waals surface area contributed by atoms with Crippen LogP contribution in [0.3, 0.4) is 0 Å². The number of carbonyl (C=O) groups excluding carboxylic acids is 1. The number of pyridine rings is 1. The van der Waals surface area contributed by atoms with Crippen LogP contribution in [0.15, 0.2) is 54.6 Å². The molecule has 5 atom stereocenters. The summed E-state index contributed by atoms with van der Waals surface area (Å²) in [6, 6.07) is 17.3. The largest absolute Gasteiger partial charge is 0.497 e. The van der Waals surface area contributed by atoms with Crippen molar-refractivity contribution < 1.29 is 29.3 Å². The van der Waals surface area contributed by atoms with Gasteiger partial charge in [0.15, 0.2) is 0 Å². The lowest BCUT2D eigenvalue weighted by molar-refractivity contribution is -0.145. The van der Waals surface area contributed by atoms with Crippen molar-refractivity contribution in [3.8, 4) is 22.8 Å². The van der Waals surface area contributed by atoms with Crippen molar-refractivity contribution >= 4 is 22.8 Å². The van der Waals surface area contributed by atoms with E-state index < -0.39 is 35.5 Å². The third kappa shape index (κ3) is 7.31. The number of unbranched alkanes of at least 4 members (excludes halogenated alkanes) is 3. The molecule has 0 radical (unpaired) electrons. The van der Waals surface area contributed by atoms with Crippen LogP contribution in [0.5, 0.6) is 11.5 Å². The predicted molar refractivity (Wildman–Crippen MR) is 168 cm³/mol. The number of carboxylic acids is 1. The quantitative estimate of drug-likeness (QED) is 0.147. The van der Waals surface area contributed by atoms with Crippen LogP contribution < -0.4 is 20.2 Å². The molecule has 1 heterocycles. The Morgan fingerprint density at radius 2 is 1.82 bits per heavy atom. The first kappa shape index (κ1) is 31.7. The van der Waals surface area contributed by atoms with Crippen LogP contribution in [0.25, 0.3) is 22.2 Å². The zero-order valence-electron chi connectivity index (χ0n) is 25.8. The minimum Gasteiger partial charge on any atom is -0.497 e. The van der Waals surface area contributed by atoms with E-state index in [0.29, 0.717) is 23.4 Å². The molecule has 1 unspecified atom stereocenters. The average Bonchev–Trinajstić information content (AvgIpc) is 3.59.